The van der Waals surface area contributed by atoms with Gasteiger partial charge in [-0.1, -0.05) is 72.1 Å². The molecule has 3 heteroatoms. The highest BCUT2D eigenvalue weighted by Crippen LogP contribution is 2.41. The number of allylic oxidation sites excluding steroid dienone is 3. The Balaban J connectivity index is 1.46. The average molecular weight is 427 g/mol. The van der Waals surface area contributed by atoms with Gasteiger partial charge in [0.2, 0.25) is 6.29 Å². The van der Waals surface area contributed by atoms with Gasteiger partial charge in [0.15, 0.2) is 5.76 Å². The molecule has 3 unspecified atom stereocenters. The second-order valence-electron chi connectivity index (χ2n) is 10.8. The van der Waals surface area contributed by atoms with Gasteiger partial charge in [-0.25, -0.2) is 0 Å². The summed E-state index contributed by atoms with van der Waals surface area (Å²) in [6.07, 6.45) is 14.0. The highest BCUT2D eigenvalue weighted by molar-refractivity contribution is 5.30. The van der Waals surface area contributed by atoms with E-state index in [2.05, 4.69) is 65.0 Å². The number of ether oxygens (including phenoxy) is 1. The van der Waals surface area contributed by atoms with Crippen molar-refractivity contribution in [3.63, 3.8) is 0 Å². The first-order valence-corrected chi connectivity index (χ1v) is 12.2. The number of benzene rings is 1. The maximum absolute atomic E-state index is 5.90. The zero-order valence-electron chi connectivity index (χ0n) is 20.4. The largest absolute Gasteiger partial charge is 0.461 e. The molecule has 0 aliphatic heterocycles. The van der Waals surface area contributed by atoms with Crippen molar-refractivity contribution in [2.24, 2.45) is 23.2 Å². The summed E-state index contributed by atoms with van der Waals surface area (Å²) in [5.74, 6) is 4.15. The van der Waals surface area contributed by atoms with Crippen LogP contribution in [-0.2, 0) is 9.78 Å². The molecule has 2 aliphatic rings. The zero-order valence-corrected chi connectivity index (χ0v) is 20.4. The first-order chi connectivity index (χ1) is 14.7. The Kier molecular flexibility index (Phi) is 8.27. The maximum atomic E-state index is 5.90. The molecule has 0 spiro atoms. The molecule has 0 aromatic heterocycles. The molecular formula is C28H42O3. The van der Waals surface area contributed by atoms with Crippen molar-refractivity contribution in [1.29, 1.82) is 0 Å². The van der Waals surface area contributed by atoms with Gasteiger partial charge in [-0.2, -0.15) is 0 Å². The van der Waals surface area contributed by atoms with E-state index >= 15 is 0 Å². The first-order valence-electron chi connectivity index (χ1n) is 12.2. The summed E-state index contributed by atoms with van der Waals surface area (Å²) >= 11 is 0. The van der Waals surface area contributed by atoms with Crippen LogP contribution in [0, 0.1) is 23.2 Å². The molecule has 3 atom stereocenters. The molecule has 3 nitrogen and oxygen atoms in total. The third-order valence-corrected chi connectivity index (χ3v) is 6.78. The predicted octanol–water partition coefficient (Wildman–Crippen LogP) is 8.19. The first kappa shape index (κ1) is 23.9. The van der Waals surface area contributed by atoms with Crippen LogP contribution >= 0.6 is 0 Å². The molecule has 1 fully saturated rings. The average Bonchev–Trinajstić information content (AvgIpc) is 2.73. The molecule has 0 saturated heterocycles. The molecule has 0 radical (unpaired) electrons. The second kappa shape index (κ2) is 10.7. The SMILES string of the molecule is CC(OOC1=CCC(C2CCCCC2)C=C1)Oc1ccc(C(C(C)C)C(C)(C)C)cc1. The van der Waals surface area contributed by atoms with Gasteiger partial charge in [0.1, 0.15) is 5.75 Å². The molecular weight excluding hydrogens is 384 g/mol. The van der Waals surface area contributed by atoms with E-state index in [4.69, 9.17) is 14.5 Å². The molecule has 1 aromatic carbocycles. The van der Waals surface area contributed by atoms with Crippen LogP contribution in [-0.4, -0.2) is 6.29 Å². The molecule has 0 heterocycles. The zero-order chi connectivity index (χ0) is 22.4. The molecule has 31 heavy (non-hydrogen) atoms. The van der Waals surface area contributed by atoms with Crippen LogP contribution in [0.4, 0.5) is 0 Å². The van der Waals surface area contributed by atoms with Crippen molar-refractivity contribution in [2.45, 2.75) is 92.3 Å². The molecule has 2 aliphatic carbocycles. The predicted molar refractivity (Wildman–Crippen MR) is 128 cm³/mol. The van der Waals surface area contributed by atoms with Gasteiger partial charge in [-0.3, -0.25) is 0 Å². The minimum atomic E-state index is -0.486. The van der Waals surface area contributed by atoms with Crippen LogP contribution < -0.4 is 4.74 Å². The van der Waals surface area contributed by atoms with Gasteiger partial charge in [-0.15, -0.1) is 4.89 Å². The summed E-state index contributed by atoms with van der Waals surface area (Å²) in [7, 11) is 0. The Morgan fingerprint density at radius 1 is 0.935 bits per heavy atom. The van der Waals surface area contributed by atoms with Gasteiger partial charge in [0.25, 0.3) is 0 Å². The second-order valence-corrected chi connectivity index (χ2v) is 10.8. The minimum Gasteiger partial charge on any atom is -0.461 e. The Morgan fingerprint density at radius 2 is 1.61 bits per heavy atom. The number of hydrogen-bond donors (Lipinski definition) is 0. The maximum Gasteiger partial charge on any atom is 0.239 e. The van der Waals surface area contributed by atoms with Crippen molar-refractivity contribution >= 4 is 0 Å². The van der Waals surface area contributed by atoms with Crippen molar-refractivity contribution in [3.05, 3.63) is 53.8 Å². The third-order valence-electron chi connectivity index (χ3n) is 6.78. The fraction of sp³-hybridized carbons (Fsp3) is 0.643. The highest BCUT2D eigenvalue weighted by atomic mass is 17.2. The van der Waals surface area contributed by atoms with Crippen LogP contribution in [0.15, 0.2) is 48.3 Å². The van der Waals surface area contributed by atoms with E-state index in [0.29, 0.717) is 17.8 Å². The van der Waals surface area contributed by atoms with Gasteiger partial charge < -0.3 is 9.62 Å². The molecule has 0 amide bonds. The van der Waals surface area contributed by atoms with Crippen LogP contribution in [0.5, 0.6) is 5.75 Å². The van der Waals surface area contributed by atoms with E-state index in [9.17, 15) is 0 Å². The topological polar surface area (TPSA) is 27.7 Å². The smallest absolute Gasteiger partial charge is 0.239 e. The van der Waals surface area contributed by atoms with E-state index in [-0.39, 0.29) is 5.41 Å². The lowest BCUT2D eigenvalue weighted by atomic mass is 9.70. The number of rotatable bonds is 8. The van der Waals surface area contributed by atoms with Crippen molar-refractivity contribution < 1.29 is 14.5 Å². The van der Waals surface area contributed by atoms with Crippen molar-refractivity contribution in [1.82, 2.24) is 0 Å². The monoisotopic (exact) mass is 426 g/mol. The summed E-state index contributed by atoms with van der Waals surface area (Å²) in [5.41, 5.74) is 1.57. The van der Waals surface area contributed by atoms with Crippen LogP contribution in [0.25, 0.3) is 0 Å². The number of hydrogen-bond acceptors (Lipinski definition) is 3. The van der Waals surface area contributed by atoms with Crippen LogP contribution in [0.1, 0.15) is 91.5 Å². The van der Waals surface area contributed by atoms with Crippen LogP contribution in [0.3, 0.4) is 0 Å². The third kappa shape index (κ3) is 6.87. The summed E-state index contributed by atoms with van der Waals surface area (Å²) in [6, 6.07) is 8.42. The summed E-state index contributed by atoms with van der Waals surface area (Å²) in [4.78, 5) is 11.0. The van der Waals surface area contributed by atoms with Crippen molar-refractivity contribution in [2.75, 3.05) is 0 Å². The Hall–Kier alpha value is -1.74. The lowest BCUT2D eigenvalue weighted by Crippen LogP contribution is -2.23. The standard InChI is InChI=1S/C28H42O3/c1-20(2)27(28(4,5)6)24-14-16-25(17-15-24)29-21(3)30-31-26-18-12-23(13-19-26)22-10-8-7-9-11-22/h12,14-23,27H,7-11,13H2,1-6H3. The van der Waals surface area contributed by atoms with E-state index in [1.54, 1.807) is 0 Å². The fourth-order valence-electron chi connectivity index (χ4n) is 5.56. The summed E-state index contributed by atoms with van der Waals surface area (Å²) < 4.78 is 5.90. The van der Waals surface area contributed by atoms with E-state index in [0.717, 1.165) is 23.8 Å². The van der Waals surface area contributed by atoms with Crippen LogP contribution in [0.2, 0.25) is 0 Å². The fourth-order valence-corrected chi connectivity index (χ4v) is 5.56. The molecule has 0 bridgehead atoms. The normalized spacial score (nSPS) is 22.2. The van der Waals surface area contributed by atoms with Gasteiger partial charge in [0.05, 0.1) is 0 Å². The van der Waals surface area contributed by atoms with E-state index in [1.165, 1.54) is 37.7 Å². The molecule has 0 N–H and O–H groups in total. The lowest BCUT2D eigenvalue weighted by Gasteiger charge is -2.34. The summed E-state index contributed by atoms with van der Waals surface area (Å²) in [5, 5.41) is 0. The highest BCUT2D eigenvalue weighted by Gasteiger charge is 2.29. The molecule has 1 aromatic rings. The Labute approximate surface area is 189 Å². The Bertz CT molecular complexity index is 733. The van der Waals surface area contributed by atoms with E-state index < -0.39 is 6.29 Å². The van der Waals surface area contributed by atoms with Gasteiger partial charge in [-0.05, 0) is 78.2 Å². The summed E-state index contributed by atoms with van der Waals surface area (Å²) in [6.45, 7) is 13.4. The van der Waals surface area contributed by atoms with Gasteiger partial charge >= 0.3 is 0 Å². The van der Waals surface area contributed by atoms with Gasteiger partial charge in [0, 0.05) is 6.92 Å². The molecule has 172 valence electrons. The Morgan fingerprint density at radius 3 is 2.16 bits per heavy atom. The van der Waals surface area contributed by atoms with E-state index in [1.807, 2.05) is 19.1 Å². The van der Waals surface area contributed by atoms with Crippen molar-refractivity contribution in [3.8, 4) is 5.75 Å². The lowest BCUT2D eigenvalue weighted by molar-refractivity contribution is -0.329. The minimum absolute atomic E-state index is 0.220. The molecule has 3 rings (SSSR count). The quantitative estimate of drug-likeness (QED) is 0.238. The molecule has 1 saturated carbocycles.